The van der Waals surface area contributed by atoms with Crippen LogP contribution in [0, 0.1) is 0 Å². The fraction of sp³-hybridized carbons (Fsp3) is 0.455. The molecule has 172 valence electrons. The lowest BCUT2D eigenvalue weighted by molar-refractivity contribution is -0.149. The Labute approximate surface area is 185 Å². The van der Waals surface area contributed by atoms with Crippen molar-refractivity contribution in [1.29, 1.82) is 0 Å². The third-order valence-electron chi connectivity index (χ3n) is 5.75. The molecule has 2 aromatic rings. The Hall–Kier alpha value is -3.40. The molecule has 4 atom stereocenters. The molecule has 10 nitrogen and oxygen atoms in total. The minimum atomic E-state index is -1.06. The molecular weight excluding hydrogens is 414 g/mol. The lowest BCUT2D eigenvalue weighted by atomic mass is 10.0. The molecule has 1 aliphatic rings. The molecule has 3 rings (SSSR count). The van der Waals surface area contributed by atoms with E-state index in [2.05, 4.69) is 15.6 Å². The maximum Gasteiger partial charge on any atom is 0.326 e. The summed E-state index contributed by atoms with van der Waals surface area (Å²) in [6.45, 7) is 3.33. The van der Waals surface area contributed by atoms with Crippen LogP contribution in [0.4, 0.5) is 0 Å². The zero-order valence-corrected chi connectivity index (χ0v) is 18.1. The van der Waals surface area contributed by atoms with Gasteiger partial charge in [0.2, 0.25) is 17.7 Å². The summed E-state index contributed by atoms with van der Waals surface area (Å²) in [5.41, 5.74) is 7.90. The molecule has 6 N–H and O–H groups in total. The van der Waals surface area contributed by atoms with E-state index in [0.29, 0.717) is 25.8 Å². The van der Waals surface area contributed by atoms with Gasteiger partial charge in [-0.05, 0) is 44.7 Å². The molecule has 0 radical (unpaired) electrons. The number of likely N-dealkylation sites (tertiary alicyclic amines) is 1. The maximum atomic E-state index is 12.6. The summed E-state index contributed by atoms with van der Waals surface area (Å²) in [6, 6.07) is 4.12. The first-order valence-electron chi connectivity index (χ1n) is 10.6. The largest absolute Gasteiger partial charge is 0.480 e. The number of aromatic nitrogens is 1. The van der Waals surface area contributed by atoms with Crippen molar-refractivity contribution in [3.8, 4) is 0 Å². The Bertz CT molecular complexity index is 1020. The van der Waals surface area contributed by atoms with Gasteiger partial charge in [0.05, 0.1) is 6.04 Å². The van der Waals surface area contributed by atoms with Crippen molar-refractivity contribution in [2.75, 3.05) is 6.54 Å². The van der Waals surface area contributed by atoms with Gasteiger partial charge in [-0.1, -0.05) is 18.2 Å². The van der Waals surface area contributed by atoms with Crippen LogP contribution in [-0.2, 0) is 25.6 Å². The van der Waals surface area contributed by atoms with Crippen molar-refractivity contribution in [3.63, 3.8) is 0 Å². The van der Waals surface area contributed by atoms with Crippen molar-refractivity contribution in [2.45, 2.75) is 57.3 Å². The van der Waals surface area contributed by atoms with E-state index in [-0.39, 0.29) is 0 Å². The molecular formula is C22H29N5O5. The zero-order valence-electron chi connectivity index (χ0n) is 18.1. The van der Waals surface area contributed by atoms with E-state index in [9.17, 15) is 24.3 Å². The van der Waals surface area contributed by atoms with E-state index in [0.717, 1.165) is 16.5 Å². The van der Waals surface area contributed by atoms with Crippen molar-refractivity contribution >= 4 is 34.6 Å². The van der Waals surface area contributed by atoms with Gasteiger partial charge in [-0.3, -0.25) is 14.4 Å². The monoisotopic (exact) mass is 443 g/mol. The summed E-state index contributed by atoms with van der Waals surface area (Å²) in [4.78, 5) is 53.3. The molecule has 1 fully saturated rings. The Morgan fingerprint density at radius 2 is 1.84 bits per heavy atom. The van der Waals surface area contributed by atoms with E-state index in [1.165, 1.54) is 18.7 Å². The van der Waals surface area contributed by atoms with Gasteiger partial charge in [-0.2, -0.15) is 0 Å². The molecule has 0 saturated carbocycles. The van der Waals surface area contributed by atoms with Crippen LogP contribution in [0.25, 0.3) is 10.9 Å². The van der Waals surface area contributed by atoms with Gasteiger partial charge in [0.25, 0.3) is 0 Å². The highest BCUT2D eigenvalue weighted by molar-refractivity contribution is 5.94. The van der Waals surface area contributed by atoms with Crippen LogP contribution in [0.1, 0.15) is 32.3 Å². The number of carboxylic acid groups (broad SMARTS) is 1. The number of amides is 3. The predicted octanol–water partition coefficient (Wildman–Crippen LogP) is 0.123. The van der Waals surface area contributed by atoms with Crippen molar-refractivity contribution in [3.05, 3.63) is 36.0 Å². The van der Waals surface area contributed by atoms with E-state index >= 15 is 0 Å². The van der Waals surface area contributed by atoms with Gasteiger partial charge in [-0.15, -0.1) is 0 Å². The molecule has 0 spiro atoms. The van der Waals surface area contributed by atoms with E-state index in [4.69, 9.17) is 5.73 Å². The van der Waals surface area contributed by atoms with Crippen molar-refractivity contribution < 1.29 is 24.3 Å². The molecule has 10 heteroatoms. The molecule has 2 heterocycles. The summed E-state index contributed by atoms with van der Waals surface area (Å²) in [5, 5.41) is 15.3. The number of rotatable bonds is 8. The summed E-state index contributed by atoms with van der Waals surface area (Å²) in [5.74, 6) is -2.55. The van der Waals surface area contributed by atoms with E-state index in [1.807, 2.05) is 30.5 Å². The lowest BCUT2D eigenvalue weighted by Crippen LogP contribution is -2.55. The normalized spacial score (nSPS) is 18.7. The second kappa shape index (κ2) is 9.82. The van der Waals surface area contributed by atoms with Gasteiger partial charge < -0.3 is 31.4 Å². The minimum absolute atomic E-state index is 0.296. The maximum absolute atomic E-state index is 12.6. The second-order valence-corrected chi connectivity index (χ2v) is 8.16. The predicted molar refractivity (Wildman–Crippen MR) is 118 cm³/mol. The van der Waals surface area contributed by atoms with Crippen LogP contribution in [-0.4, -0.2) is 69.4 Å². The average Bonchev–Trinajstić information content (AvgIpc) is 3.40. The number of nitrogens with zero attached hydrogens (tertiary/aromatic N) is 1. The van der Waals surface area contributed by atoms with E-state index in [1.54, 1.807) is 0 Å². The van der Waals surface area contributed by atoms with E-state index < -0.39 is 47.9 Å². The van der Waals surface area contributed by atoms with Gasteiger partial charge in [0.15, 0.2) is 0 Å². The number of H-pyrrole nitrogens is 1. The highest BCUT2D eigenvalue weighted by Crippen LogP contribution is 2.19. The first kappa shape index (κ1) is 23.3. The Kier molecular flexibility index (Phi) is 7.14. The summed E-state index contributed by atoms with van der Waals surface area (Å²) < 4.78 is 0. The zero-order chi connectivity index (χ0) is 23.4. The molecule has 3 amide bonds. The molecule has 1 aromatic carbocycles. The number of nitrogens with two attached hydrogens (primary N) is 1. The number of fused-ring (bicyclic) bond motifs is 1. The topological polar surface area (TPSA) is 158 Å². The number of nitrogens with one attached hydrogen (secondary N) is 3. The van der Waals surface area contributed by atoms with Gasteiger partial charge in [-0.25, -0.2) is 4.79 Å². The molecule has 4 unspecified atom stereocenters. The second-order valence-electron chi connectivity index (χ2n) is 8.16. The smallest absolute Gasteiger partial charge is 0.326 e. The quantitative estimate of drug-likeness (QED) is 0.390. The van der Waals surface area contributed by atoms with Crippen LogP contribution in [0.15, 0.2) is 30.5 Å². The molecule has 32 heavy (non-hydrogen) atoms. The third-order valence-corrected chi connectivity index (χ3v) is 5.75. The number of carbonyl (C=O) groups is 4. The van der Waals surface area contributed by atoms with Crippen LogP contribution in [0.2, 0.25) is 0 Å². The number of aromatic amines is 1. The fourth-order valence-electron chi connectivity index (χ4n) is 3.95. The molecule has 1 aliphatic heterocycles. The number of aliphatic carboxylic acids is 1. The number of carbonyl (C=O) groups excluding carboxylic acids is 3. The minimum Gasteiger partial charge on any atom is -0.480 e. The van der Waals surface area contributed by atoms with Crippen molar-refractivity contribution in [1.82, 2.24) is 20.5 Å². The standard InChI is InChI=1S/C22H29N5O5/c1-12(19(28)26-13(2)21(30)27-9-5-8-18(27)22(31)32)25-20(29)16(23)10-14-11-24-17-7-4-3-6-15(14)17/h3-4,6-7,11-13,16,18,24H,5,8-10,23H2,1-2H3,(H,25,29)(H,26,28)(H,31,32). The van der Waals surface area contributed by atoms with Crippen LogP contribution in [0.5, 0.6) is 0 Å². The van der Waals surface area contributed by atoms with Crippen LogP contribution in [0.3, 0.4) is 0 Å². The summed E-state index contributed by atoms with van der Waals surface area (Å²) in [7, 11) is 0. The Morgan fingerprint density at radius 1 is 1.16 bits per heavy atom. The van der Waals surface area contributed by atoms with Crippen molar-refractivity contribution in [2.24, 2.45) is 5.73 Å². The SMILES string of the molecule is CC(NC(=O)C(N)Cc1c[nH]c2ccccc12)C(=O)NC(C)C(=O)N1CCCC1C(=O)O. The molecule has 1 aromatic heterocycles. The summed E-state index contributed by atoms with van der Waals surface area (Å²) >= 11 is 0. The number of hydrogen-bond donors (Lipinski definition) is 5. The first-order chi connectivity index (χ1) is 15.2. The molecule has 1 saturated heterocycles. The van der Waals surface area contributed by atoms with Gasteiger partial charge in [0.1, 0.15) is 18.1 Å². The number of carboxylic acids is 1. The Morgan fingerprint density at radius 3 is 2.56 bits per heavy atom. The Balaban J connectivity index is 1.52. The highest BCUT2D eigenvalue weighted by atomic mass is 16.4. The lowest BCUT2D eigenvalue weighted by Gasteiger charge is -2.26. The first-order valence-corrected chi connectivity index (χ1v) is 10.6. The summed E-state index contributed by atoms with van der Waals surface area (Å²) in [6.07, 6.45) is 3.10. The number of hydrogen-bond acceptors (Lipinski definition) is 5. The molecule has 0 bridgehead atoms. The number of benzene rings is 1. The van der Waals surface area contributed by atoms with Crippen LogP contribution < -0.4 is 16.4 Å². The van der Waals surface area contributed by atoms with Crippen LogP contribution >= 0.6 is 0 Å². The average molecular weight is 444 g/mol. The van der Waals surface area contributed by atoms with Gasteiger partial charge >= 0.3 is 5.97 Å². The third kappa shape index (κ3) is 5.08. The molecule has 0 aliphatic carbocycles. The fourth-order valence-corrected chi connectivity index (χ4v) is 3.95. The van der Waals surface area contributed by atoms with Gasteiger partial charge in [0, 0.05) is 23.6 Å². The number of para-hydroxylation sites is 1. The highest BCUT2D eigenvalue weighted by Gasteiger charge is 2.36.